The molecule has 0 radical (unpaired) electrons. The highest BCUT2D eigenvalue weighted by Gasteiger charge is 2.35. The molecule has 8 nitrogen and oxygen atoms in total. The molecule has 8 heteroatoms. The zero-order valence-corrected chi connectivity index (χ0v) is 17.0. The van der Waals surface area contributed by atoms with E-state index < -0.39 is 21.2 Å². The molecule has 0 bridgehead atoms. The molecule has 0 heterocycles. The predicted molar refractivity (Wildman–Crippen MR) is 108 cm³/mol. The van der Waals surface area contributed by atoms with Crippen LogP contribution in [0.3, 0.4) is 0 Å². The van der Waals surface area contributed by atoms with Crippen molar-refractivity contribution in [2.75, 3.05) is 13.2 Å². The van der Waals surface area contributed by atoms with E-state index in [1.165, 1.54) is 12.1 Å². The Hall–Kier alpha value is -2.38. The molecule has 158 valence electrons. The number of nitrogens with zero attached hydrogens (tertiary/aromatic N) is 2. The van der Waals surface area contributed by atoms with Gasteiger partial charge < -0.3 is 9.47 Å². The highest BCUT2D eigenvalue weighted by atomic mass is 16.6. The molecule has 0 saturated carbocycles. The summed E-state index contributed by atoms with van der Waals surface area (Å²) in [6, 6.07) is 2.78. The number of nitro groups is 2. The molecule has 1 aromatic rings. The summed E-state index contributed by atoms with van der Waals surface area (Å²) in [6.45, 7) is 4.82. The van der Waals surface area contributed by atoms with Gasteiger partial charge >= 0.3 is 11.4 Å². The van der Waals surface area contributed by atoms with E-state index in [1.54, 1.807) is 0 Å². The van der Waals surface area contributed by atoms with Crippen molar-refractivity contribution >= 4 is 11.4 Å². The normalized spacial score (nSPS) is 10.6. The van der Waals surface area contributed by atoms with Gasteiger partial charge in [-0.05, 0) is 25.0 Å². The number of ether oxygens (including phenoxy) is 2. The van der Waals surface area contributed by atoms with Crippen LogP contribution >= 0.6 is 0 Å². The summed E-state index contributed by atoms with van der Waals surface area (Å²) in [5.74, 6) is -0.162. The zero-order valence-electron chi connectivity index (χ0n) is 17.0. The second-order valence-electron chi connectivity index (χ2n) is 6.80. The van der Waals surface area contributed by atoms with E-state index in [1.807, 2.05) is 0 Å². The number of unbranched alkanes of at least 4 members (excludes halogenated alkanes) is 8. The number of hydrogen-bond acceptors (Lipinski definition) is 6. The van der Waals surface area contributed by atoms with Crippen molar-refractivity contribution in [2.45, 2.75) is 78.1 Å². The molecule has 28 heavy (non-hydrogen) atoms. The van der Waals surface area contributed by atoms with Crippen LogP contribution in [-0.4, -0.2) is 23.1 Å². The molecule has 0 N–H and O–H groups in total. The molecule has 0 aromatic heterocycles. The first-order valence-electron chi connectivity index (χ1n) is 10.2. The fourth-order valence-corrected chi connectivity index (χ4v) is 2.90. The molecular formula is C20H32N2O6. The summed E-state index contributed by atoms with van der Waals surface area (Å²) in [6.07, 6.45) is 10.1. The van der Waals surface area contributed by atoms with Gasteiger partial charge in [-0.15, -0.1) is 0 Å². The van der Waals surface area contributed by atoms with Gasteiger partial charge in [-0.1, -0.05) is 65.2 Å². The minimum Gasteiger partial charge on any atom is -0.487 e. The van der Waals surface area contributed by atoms with Crippen molar-refractivity contribution < 1.29 is 19.3 Å². The van der Waals surface area contributed by atoms with Crippen LogP contribution in [0.15, 0.2) is 12.1 Å². The summed E-state index contributed by atoms with van der Waals surface area (Å²) in [5, 5.41) is 23.0. The third-order valence-electron chi connectivity index (χ3n) is 4.45. The van der Waals surface area contributed by atoms with Gasteiger partial charge in [-0.3, -0.25) is 20.2 Å². The Balaban J connectivity index is 2.79. The SMILES string of the molecule is CCCCCCCOc1ccc(OCCCCCCC)c([N+](=O)[O-])c1[N+](=O)[O-]. The second kappa shape index (κ2) is 13.7. The first-order valence-corrected chi connectivity index (χ1v) is 10.2. The van der Waals surface area contributed by atoms with Crippen LogP contribution in [0.5, 0.6) is 11.5 Å². The van der Waals surface area contributed by atoms with Crippen LogP contribution in [0, 0.1) is 20.2 Å². The molecule has 0 unspecified atom stereocenters. The summed E-state index contributed by atoms with van der Waals surface area (Å²) >= 11 is 0. The lowest BCUT2D eigenvalue weighted by molar-refractivity contribution is -0.423. The molecule has 0 aliphatic heterocycles. The lowest BCUT2D eigenvalue weighted by Gasteiger charge is -2.10. The van der Waals surface area contributed by atoms with Crippen LogP contribution in [-0.2, 0) is 0 Å². The minimum absolute atomic E-state index is 0.0810. The number of hydrogen-bond donors (Lipinski definition) is 0. The topological polar surface area (TPSA) is 105 Å². The van der Waals surface area contributed by atoms with E-state index in [0.29, 0.717) is 13.2 Å². The van der Waals surface area contributed by atoms with Crippen LogP contribution in [0.2, 0.25) is 0 Å². The quantitative estimate of drug-likeness (QED) is 0.187. The predicted octanol–water partition coefficient (Wildman–Crippen LogP) is 6.20. The molecule has 0 amide bonds. The molecule has 1 rings (SSSR count). The van der Waals surface area contributed by atoms with Gasteiger partial charge in [-0.2, -0.15) is 0 Å². The van der Waals surface area contributed by atoms with E-state index in [9.17, 15) is 20.2 Å². The molecular weight excluding hydrogens is 364 g/mol. The summed E-state index contributed by atoms with van der Waals surface area (Å²) in [4.78, 5) is 21.4. The van der Waals surface area contributed by atoms with Crippen molar-refractivity contribution in [1.82, 2.24) is 0 Å². The first-order chi connectivity index (χ1) is 13.5. The highest BCUT2D eigenvalue weighted by Crippen LogP contribution is 2.43. The highest BCUT2D eigenvalue weighted by molar-refractivity contribution is 5.68. The summed E-state index contributed by atoms with van der Waals surface area (Å²) in [5.41, 5.74) is -1.27. The Morgan fingerprint density at radius 1 is 0.679 bits per heavy atom. The first kappa shape index (κ1) is 23.7. The van der Waals surface area contributed by atoms with E-state index >= 15 is 0 Å². The van der Waals surface area contributed by atoms with Crippen molar-refractivity contribution in [3.63, 3.8) is 0 Å². The van der Waals surface area contributed by atoms with Crippen LogP contribution in [0.25, 0.3) is 0 Å². The maximum absolute atomic E-state index is 11.5. The van der Waals surface area contributed by atoms with Gasteiger partial charge in [0.2, 0.25) is 11.5 Å². The van der Waals surface area contributed by atoms with Gasteiger partial charge in [0.1, 0.15) is 0 Å². The second-order valence-corrected chi connectivity index (χ2v) is 6.80. The molecule has 0 aliphatic rings. The minimum atomic E-state index is -0.765. The molecule has 0 fully saturated rings. The van der Waals surface area contributed by atoms with Crippen LogP contribution in [0.4, 0.5) is 11.4 Å². The van der Waals surface area contributed by atoms with Crippen molar-refractivity contribution in [1.29, 1.82) is 0 Å². The van der Waals surface area contributed by atoms with Crippen LogP contribution in [0.1, 0.15) is 78.1 Å². The van der Waals surface area contributed by atoms with Crippen molar-refractivity contribution in [2.24, 2.45) is 0 Å². The molecule has 0 saturated heterocycles. The van der Waals surface area contributed by atoms with Gasteiger partial charge in [0.15, 0.2) is 0 Å². The average Bonchev–Trinajstić information content (AvgIpc) is 2.67. The Morgan fingerprint density at radius 3 is 1.36 bits per heavy atom. The fraction of sp³-hybridized carbons (Fsp3) is 0.700. The van der Waals surface area contributed by atoms with E-state index in [4.69, 9.17) is 9.47 Å². The fourth-order valence-electron chi connectivity index (χ4n) is 2.90. The van der Waals surface area contributed by atoms with Gasteiger partial charge in [-0.25, -0.2) is 0 Å². The Labute approximate surface area is 166 Å². The van der Waals surface area contributed by atoms with Crippen molar-refractivity contribution in [3.8, 4) is 11.5 Å². The van der Waals surface area contributed by atoms with Gasteiger partial charge in [0.05, 0.1) is 23.1 Å². The monoisotopic (exact) mass is 396 g/mol. The number of rotatable bonds is 16. The number of benzene rings is 1. The van der Waals surface area contributed by atoms with E-state index in [-0.39, 0.29) is 11.5 Å². The molecule has 0 spiro atoms. The Kier molecular flexibility index (Phi) is 11.6. The molecule has 0 atom stereocenters. The Morgan fingerprint density at radius 2 is 1.04 bits per heavy atom. The lowest BCUT2D eigenvalue weighted by Crippen LogP contribution is -2.06. The van der Waals surface area contributed by atoms with Crippen molar-refractivity contribution in [3.05, 3.63) is 32.4 Å². The average molecular weight is 396 g/mol. The van der Waals surface area contributed by atoms with Gasteiger partial charge in [0, 0.05) is 0 Å². The standard InChI is InChI=1S/C20H32N2O6/c1-3-5-7-9-11-15-27-17-13-14-18(28-16-12-10-8-6-4-2)20(22(25)26)19(17)21(23)24/h13-14H,3-12,15-16H2,1-2H3. The third-order valence-corrected chi connectivity index (χ3v) is 4.45. The molecule has 0 aliphatic carbocycles. The number of nitro benzene ring substituents is 2. The maximum Gasteiger partial charge on any atom is 0.391 e. The molecule has 1 aromatic carbocycles. The summed E-state index contributed by atoms with van der Waals surface area (Å²) < 4.78 is 11.0. The van der Waals surface area contributed by atoms with E-state index in [0.717, 1.165) is 64.2 Å². The zero-order chi connectivity index (χ0) is 20.8. The third kappa shape index (κ3) is 8.10. The lowest BCUT2D eigenvalue weighted by atomic mass is 10.1. The summed E-state index contributed by atoms with van der Waals surface area (Å²) in [7, 11) is 0. The maximum atomic E-state index is 11.5. The largest absolute Gasteiger partial charge is 0.487 e. The van der Waals surface area contributed by atoms with E-state index in [2.05, 4.69) is 13.8 Å². The Bertz CT molecular complexity index is 568. The van der Waals surface area contributed by atoms with Crippen LogP contribution < -0.4 is 9.47 Å². The smallest absolute Gasteiger partial charge is 0.391 e. The van der Waals surface area contributed by atoms with Gasteiger partial charge in [0.25, 0.3) is 0 Å².